The van der Waals surface area contributed by atoms with Gasteiger partial charge in [-0.1, -0.05) is 23.2 Å². The van der Waals surface area contributed by atoms with Crippen LogP contribution in [-0.2, 0) is 0 Å². The third-order valence-corrected chi connectivity index (χ3v) is 3.04. The molecular weight excluding hydrogens is 265 g/mol. The zero-order valence-electron chi connectivity index (χ0n) is 9.54. The van der Waals surface area contributed by atoms with Crippen molar-refractivity contribution in [2.75, 3.05) is 32.1 Å². The average Bonchev–Trinajstić information content (AvgIpc) is 2.28. The Morgan fingerprint density at radius 3 is 2.53 bits per heavy atom. The van der Waals surface area contributed by atoms with E-state index in [1.807, 2.05) is 7.05 Å². The summed E-state index contributed by atoms with van der Waals surface area (Å²) < 4.78 is 0. The normalized spacial score (nSPS) is 10.4. The zero-order chi connectivity index (χ0) is 13.0. The minimum Gasteiger partial charge on any atom is -0.368 e. The molecule has 1 N–H and O–H groups in total. The number of likely N-dealkylation sites (N-methyl/N-ethyl adjacent to an activating group) is 2. The fraction of sp³-hybridized carbons (Fsp3) is 0.400. The van der Waals surface area contributed by atoms with Crippen LogP contribution in [0.25, 0.3) is 0 Å². The summed E-state index contributed by atoms with van der Waals surface area (Å²) in [5, 5.41) is 14.4. The van der Waals surface area contributed by atoms with Crippen molar-refractivity contribution in [1.29, 1.82) is 0 Å². The Morgan fingerprint density at radius 1 is 1.41 bits per heavy atom. The van der Waals surface area contributed by atoms with Crippen LogP contribution in [0.3, 0.4) is 0 Å². The Bertz CT molecular complexity index is 426. The summed E-state index contributed by atoms with van der Waals surface area (Å²) in [6, 6.07) is 2.78. The third-order valence-electron chi connectivity index (χ3n) is 2.32. The molecule has 0 saturated carbocycles. The van der Waals surface area contributed by atoms with Gasteiger partial charge in [0.1, 0.15) is 5.69 Å². The first-order valence-electron chi connectivity index (χ1n) is 4.96. The first-order valence-corrected chi connectivity index (χ1v) is 5.72. The van der Waals surface area contributed by atoms with Gasteiger partial charge in [-0.3, -0.25) is 10.1 Å². The molecule has 0 fully saturated rings. The highest BCUT2D eigenvalue weighted by atomic mass is 35.5. The largest absolute Gasteiger partial charge is 0.368 e. The standard InChI is InChI=1S/C10H13Cl2N3O2/c1-13-3-4-14(2)9-5-7(11)8(12)6-10(9)15(16)17/h5-6,13H,3-4H2,1-2H3. The van der Waals surface area contributed by atoms with E-state index in [-0.39, 0.29) is 10.7 Å². The van der Waals surface area contributed by atoms with Crippen molar-refractivity contribution in [3.8, 4) is 0 Å². The molecule has 94 valence electrons. The summed E-state index contributed by atoms with van der Waals surface area (Å²) in [7, 11) is 3.58. The molecule has 5 nitrogen and oxygen atoms in total. The van der Waals surface area contributed by atoms with Crippen LogP contribution in [0.2, 0.25) is 10.0 Å². The number of nitro benzene ring substituents is 1. The van der Waals surface area contributed by atoms with Gasteiger partial charge in [-0.2, -0.15) is 0 Å². The molecule has 1 aromatic carbocycles. The molecule has 0 atom stereocenters. The van der Waals surface area contributed by atoms with Crippen LogP contribution in [0.4, 0.5) is 11.4 Å². The van der Waals surface area contributed by atoms with Crippen molar-refractivity contribution >= 4 is 34.6 Å². The molecule has 1 rings (SSSR count). The summed E-state index contributed by atoms with van der Waals surface area (Å²) in [6.45, 7) is 1.35. The fourth-order valence-electron chi connectivity index (χ4n) is 1.38. The van der Waals surface area contributed by atoms with Crippen molar-refractivity contribution in [3.63, 3.8) is 0 Å². The fourth-order valence-corrected chi connectivity index (χ4v) is 1.69. The summed E-state index contributed by atoms with van der Waals surface area (Å²) in [5.74, 6) is 0. The van der Waals surface area contributed by atoms with E-state index in [1.165, 1.54) is 12.1 Å². The topological polar surface area (TPSA) is 58.4 Å². The van der Waals surface area contributed by atoms with Crippen LogP contribution in [0, 0.1) is 10.1 Å². The molecule has 7 heteroatoms. The Morgan fingerprint density at radius 2 is 2.00 bits per heavy atom. The molecule has 0 aliphatic rings. The molecule has 0 heterocycles. The van der Waals surface area contributed by atoms with Crippen LogP contribution in [0.1, 0.15) is 0 Å². The van der Waals surface area contributed by atoms with E-state index in [1.54, 1.807) is 11.9 Å². The number of halogens is 2. The average molecular weight is 278 g/mol. The third kappa shape index (κ3) is 3.46. The monoisotopic (exact) mass is 277 g/mol. The van der Waals surface area contributed by atoms with Gasteiger partial charge < -0.3 is 10.2 Å². The van der Waals surface area contributed by atoms with Crippen LogP contribution in [0.5, 0.6) is 0 Å². The molecule has 0 unspecified atom stereocenters. The number of benzene rings is 1. The maximum atomic E-state index is 10.9. The number of nitro groups is 1. The molecule has 0 amide bonds. The summed E-state index contributed by atoms with van der Waals surface area (Å²) in [4.78, 5) is 12.2. The van der Waals surface area contributed by atoms with Crippen LogP contribution >= 0.6 is 23.2 Å². The van der Waals surface area contributed by atoms with Crippen LogP contribution in [-0.4, -0.2) is 32.1 Å². The first-order chi connectivity index (χ1) is 7.97. The van der Waals surface area contributed by atoms with Gasteiger partial charge in [0.05, 0.1) is 15.0 Å². The van der Waals surface area contributed by atoms with Crippen LogP contribution < -0.4 is 10.2 Å². The smallest absolute Gasteiger partial charge is 0.294 e. The van der Waals surface area contributed by atoms with Gasteiger partial charge in [-0.15, -0.1) is 0 Å². The van der Waals surface area contributed by atoms with E-state index in [0.29, 0.717) is 23.8 Å². The summed E-state index contributed by atoms with van der Waals surface area (Å²) >= 11 is 11.6. The van der Waals surface area contributed by atoms with Crippen molar-refractivity contribution in [1.82, 2.24) is 5.32 Å². The molecule has 0 radical (unpaired) electrons. The van der Waals surface area contributed by atoms with Gasteiger partial charge in [-0.25, -0.2) is 0 Å². The van der Waals surface area contributed by atoms with E-state index in [0.717, 1.165) is 0 Å². The molecule has 0 aliphatic heterocycles. The Kier molecular flexibility index (Phi) is 4.99. The molecule has 0 aliphatic carbocycles. The Labute approximate surface area is 109 Å². The van der Waals surface area contributed by atoms with Gasteiger partial charge in [-0.05, 0) is 13.1 Å². The van der Waals surface area contributed by atoms with Crippen molar-refractivity contribution in [3.05, 3.63) is 32.3 Å². The van der Waals surface area contributed by atoms with Crippen molar-refractivity contribution in [2.24, 2.45) is 0 Å². The first kappa shape index (κ1) is 14.0. The SMILES string of the molecule is CNCCN(C)c1cc(Cl)c(Cl)cc1[N+](=O)[O-]. The molecule has 0 saturated heterocycles. The number of nitrogens with zero attached hydrogens (tertiary/aromatic N) is 2. The van der Waals surface area contributed by atoms with Gasteiger partial charge >= 0.3 is 0 Å². The molecule has 0 spiro atoms. The zero-order valence-corrected chi connectivity index (χ0v) is 11.0. The van der Waals surface area contributed by atoms with Crippen molar-refractivity contribution < 1.29 is 4.92 Å². The second-order valence-electron chi connectivity index (χ2n) is 3.54. The lowest BCUT2D eigenvalue weighted by Gasteiger charge is -2.19. The second kappa shape index (κ2) is 6.05. The predicted molar refractivity (Wildman–Crippen MR) is 70.3 cm³/mol. The van der Waals surface area contributed by atoms with E-state index >= 15 is 0 Å². The second-order valence-corrected chi connectivity index (χ2v) is 4.35. The number of rotatable bonds is 5. The highest BCUT2D eigenvalue weighted by Gasteiger charge is 2.19. The maximum absolute atomic E-state index is 10.9. The van der Waals surface area contributed by atoms with Gasteiger partial charge in [0.25, 0.3) is 5.69 Å². The lowest BCUT2D eigenvalue weighted by Crippen LogP contribution is -2.27. The molecule has 0 bridgehead atoms. The van der Waals surface area contributed by atoms with Gasteiger partial charge in [0.2, 0.25) is 0 Å². The molecule has 0 aromatic heterocycles. The van der Waals surface area contributed by atoms with E-state index in [4.69, 9.17) is 23.2 Å². The van der Waals surface area contributed by atoms with E-state index < -0.39 is 4.92 Å². The lowest BCUT2D eigenvalue weighted by atomic mass is 10.2. The van der Waals surface area contributed by atoms with E-state index in [2.05, 4.69) is 5.32 Å². The maximum Gasteiger partial charge on any atom is 0.294 e. The summed E-state index contributed by atoms with van der Waals surface area (Å²) in [5.41, 5.74) is 0.414. The number of hydrogen-bond acceptors (Lipinski definition) is 4. The minimum absolute atomic E-state index is 0.0435. The number of hydrogen-bond donors (Lipinski definition) is 1. The van der Waals surface area contributed by atoms with Gasteiger partial charge in [0, 0.05) is 26.2 Å². The Hall–Kier alpha value is -1.04. The summed E-state index contributed by atoms with van der Waals surface area (Å²) in [6.07, 6.45) is 0. The highest BCUT2D eigenvalue weighted by molar-refractivity contribution is 6.42. The quantitative estimate of drug-likeness (QED) is 0.664. The highest BCUT2D eigenvalue weighted by Crippen LogP contribution is 2.35. The Balaban J connectivity index is 3.11. The lowest BCUT2D eigenvalue weighted by molar-refractivity contribution is -0.384. The van der Waals surface area contributed by atoms with E-state index in [9.17, 15) is 10.1 Å². The van der Waals surface area contributed by atoms with Crippen LogP contribution in [0.15, 0.2) is 12.1 Å². The minimum atomic E-state index is -0.465. The predicted octanol–water partition coefficient (Wildman–Crippen LogP) is 2.56. The number of nitrogens with one attached hydrogen (secondary N) is 1. The number of anilines is 1. The van der Waals surface area contributed by atoms with Gasteiger partial charge in [0.15, 0.2) is 0 Å². The van der Waals surface area contributed by atoms with Crippen molar-refractivity contribution in [2.45, 2.75) is 0 Å². The molecular formula is C10H13Cl2N3O2. The molecule has 1 aromatic rings. The molecule has 17 heavy (non-hydrogen) atoms.